The van der Waals surface area contributed by atoms with E-state index >= 15 is 0 Å². The van der Waals surface area contributed by atoms with Crippen molar-refractivity contribution in [3.63, 3.8) is 0 Å². The van der Waals surface area contributed by atoms with E-state index in [1.54, 1.807) is 20.9 Å². The summed E-state index contributed by atoms with van der Waals surface area (Å²) in [6, 6.07) is 0. The van der Waals surface area contributed by atoms with E-state index in [0.29, 0.717) is 11.5 Å². The molecular weight excluding hydrogens is 274 g/mol. The minimum absolute atomic E-state index is 0.0275. The number of aromatic amines is 1. The highest BCUT2D eigenvalue weighted by Crippen LogP contribution is 2.30. The van der Waals surface area contributed by atoms with Crippen LogP contribution in [0.4, 0.5) is 0 Å². The molecule has 0 aliphatic heterocycles. The zero-order chi connectivity index (χ0) is 15.9. The third-order valence-corrected chi connectivity index (χ3v) is 3.12. The molecule has 0 saturated heterocycles. The summed E-state index contributed by atoms with van der Waals surface area (Å²) in [5.74, 6) is -0.545. The van der Waals surface area contributed by atoms with Gasteiger partial charge in [-0.3, -0.25) is 4.79 Å². The van der Waals surface area contributed by atoms with Crippen molar-refractivity contribution in [1.82, 2.24) is 14.5 Å². The molecule has 0 radical (unpaired) electrons. The van der Waals surface area contributed by atoms with E-state index in [2.05, 4.69) is 9.97 Å². The third kappa shape index (κ3) is 2.51. The van der Waals surface area contributed by atoms with Gasteiger partial charge in [0.25, 0.3) is 5.56 Å². The molecule has 7 nitrogen and oxygen atoms in total. The number of ether oxygens (including phenoxy) is 1. The van der Waals surface area contributed by atoms with Gasteiger partial charge in [0.15, 0.2) is 17.1 Å². The Kier molecular flexibility index (Phi) is 3.76. The van der Waals surface area contributed by atoms with Crippen molar-refractivity contribution in [2.24, 2.45) is 7.05 Å². The summed E-state index contributed by atoms with van der Waals surface area (Å²) in [5, 5.41) is 9.56. The molecule has 0 unspecified atom stereocenters. The average molecular weight is 293 g/mol. The molecule has 7 heteroatoms. The van der Waals surface area contributed by atoms with Gasteiger partial charge < -0.3 is 19.4 Å². The first kappa shape index (κ1) is 15.1. The number of carbonyl (C=O) groups is 1. The minimum atomic E-state index is -1.16. The molecule has 114 valence electrons. The van der Waals surface area contributed by atoms with Gasteiger partial charge in [0.1, 0.15) is 11.2 Å². The fourth-order valence-corrected chi connectivity index (χ4v) is 2.17. The Hall–Kier alpha value is -2.31. The van der Waals surface area contributed by atoms with Crippen LogP contribution in [0.3, 0.4) is 0 Å². The number of fused-ring (bicyclic) bond motifs is 1. The van der Waals surface area contributed by atoms with Crippen LogP contribution in [0.15, 0.2) is 4.79 Å². The number of carboxylic acid groups (broad SMARTS) is 1. The van der Waals surface area contributed by atoms with Gasteiger partial charge in [0.2, 0.25) is 0 Å². The summed E-state index contributed by atoms with van der Waals surface area (Å²) in [5.41, 5.74) is -0.143. The highest BCUT2D eigenvalue weighted by Gasteiger charge is 2.26. The number of nitrogens with zero attached hydrogens (tertiary/aromatic N) is 2. The number of nitrogens with one attached hydrogen (secondary N) is 1. The highest BCUT2D eigenvalue weighted by atomic mass is 16.5. The van der Waals surface area contributed by atoms with E-state index in [0.717, 1.165) is 0 Å². The van der Waals surface area contributed by atoms with Gasteiger partial charge in [-0.15, -0.1) is 0 Å². The molecule has 0 bridgehead atoms. The smallest absolute Gasteiger partial charge is 0.356 e. The Bertz CT molecular complexity index is 756. The van der Waals surface area contributed by atoms with Crippen molar-refractivity contribution < 1.29 is 14.6 Å². The number of rotatable bonds is 4. The van der Waals surface area contributed by atoms with E-state index < -0.39 is 5.97 Å². The maximum absolute atomic E-state index is 12.3. The van der Waals surface area contributed by atoms with Crippen molar-refractivity contribution in [2.75, 3.05) is 0 Å². The Morgan fingerprint density at radius 3 is 2.43 bits per heavy atom. The predicted molar refractivity (Wildman–Crippen MR) is 78.1 cm³/mol. The molecule has 2 aromatic rings. The SMILES string of the molecule is CC(C)Oc1c(C(=O)O)n(C)c2nc(C(C)C)[nH]c(=O)c12. The number of hydrogen-bond donors (Lipinski definition) is 2. The van der Waals surface area contributed by atoms with E-state index in [1.807, 2.05) is 13.8 Å². The number of aryl methyl sites for hydroxylation is 1. The topological polar surface area (TPSA) is 97.2 Å². The standard InChI is InChI=1S/C14H19N3O4/c1-6(2)11-15-12-8(13(18)16-11)10(21-7(3)4)9(14(19)20)17(12)5/h6-7H,1-5H3,(H,19,20)(H,15,16,18). The summed E-state index contributed by atoms with van der Waals surface area (Å²) in [6.07, 6.45) is -0.252. The first-order valence-electron chi connectivity index (χ1n) is 6.76. The van der Waals surface area contributed by atoms with Crippen molar-refractivity contribution >= 4 is 17.0 Å². The molecule has 0 amide bonds. The van der Waals surface area contributed by atoms with Gasteiger partial charge >= 0.3 is 5.97 Å². The first-order chi connectivity index (χ1) is 9.73. The molecule has 0 atom stereocenters. The zero-order valence-corrected chi connectivity index (χ0v) is 12.7. The maximum atomic E-state index is 12.3. The quantitative estimate of drug-likeness (QED) is 0.897. The zero-order valence-electron chi connectivity index (χ0n) is 12.7. The van der Waals surface area contributed by atoms with Crippen molar-refractivity contribution in [1.29, 1.82) is 0 Å². The van der Waals surface area contributed by atoms with E-state index in [9.17, 15) is 14.7 Å². The largest absolute Gasteiger partial charge is 0.488 e. The number of carboxylic acids is 1. The minimum Gasteiger partial charge on any atom is -0.488 e. The lowest BCUT2D eigenvalue weighted by atomic mass is 10.2. The van der Waals surface area contributed by atoms with Crippen molar-refractivity contribution in [2.45, 2.75) is 39.7 Å². The second kappa shape index (κ2) is 5.23. The van der Waals surface area contributed by atoms with E-state index in [4.69, 9.17) is 4.74 Å². The molecule has 0 spiro atoms. The number of aromatic nitrogens is 3. The number of H-pyrrole nitrogens is 1. The second-order valence-corrected chi connectivity index (χ2v) is 5.51. The number of hydrogen-bond acceptors (Lipinski definition) is 4. The van der Waals surface area contributed by atoms with Gasteiger partial charge in [0.05, 0.1) is 6.10 Å². The third-order valence-electron chi connectivity index (χ3n) is 3.12. The van der Waals surface area contributed by atoms with Crippen LogP contribution >= 0.6 is 0 Å². The molecular formula is C14H19N3O4. The van der Waals surface area contributed by atoms with Gasteiger partial charge in [-0.05, 0) is 13.8 Å². The molecule has 2 heterocycles. The van der Waals surface area contributed by atoms with Crippen LogP contribution in [0.1, 0.15) is 49.9 Å². The Morgan fingerprint density at radius 2 is 1.95 bits per heavy atom. The highest BCUT2D eigenvalue weighted by molar-refractivity contribution is 5.99. The molecule has 0 saturated carbocycles. The number of aromatic carboxylic acids is 1. The summed E-state index contributed by atoms with van der Waals surface area (Å²) >= 11 is 0. The molecule has 0 aliphatic rings. The van der Waals surface area contributed by atoms with Crippen LogP contribution in [0.25, 0.3) is 11.0 Å². The van der Waals surface area contributed by atoms with Crippen LogP contribution in [0.5, 0.6) is 5.75 Å². The predicted octanol–water partition coefficient (Wildman–Crippen LogP) is 1.87. The second-order valence-electron chi connectivity index (χ2n) is 5.51. The maximum Gasteiger partial charge on any atom is 0.356 e. The summed E-state index contributed by atoms with van der Waals surface area (Å²) in [6.45, 7) is 7.34. The van der Waals surface area contributed by atoms with E-state index in [1.165, 1.54) is 4.57 Å². The Morgan fingerprint density at radius 1 is 1.33 bits per heavy atom. The summed E-state index contributed by atoms with van der Waals surface area (Å²) < 4.78 is 6.95. The summed E-state index contributed by atoms with van der Waals surface area (Å²) in [7, 11) is 1.56. The van der Waals surface area contributed by atoms with Crippen molar-refractivity contribution in [3.05, 3.63) is 21.9 Å². The monoisotopic (exact) mass is 293 g/mol. The van der Waals surface area contributed by atoms with Crippen LogP contribution < -0.4 is 10.3 Å². The Balaban J connectivity index is 2.89. The van der Waals surface area contributed by atoms with Crippen LogP contribution in [0, 0.1) is 0 Å². The Labute approximate surface area is 121 Å². The molecule has 0 aliphatic carbocycles. The van der Waals surface area contributed by atoms with Crippen molar-refractivity contribution in [3.8, 4) is 5.75 Å². The van der Waals surface area contributed by atoms with Gasteiger partial charge in [-0.25, -0.2) is 9.78 Å². The molecule has 2 N–H and O–H groups in total. The van der Waals surface area contributed by atoms with E-state index in [-0.39, 0.29) is 34.4 Å². The molecule has 0 fully saturated rings. The average Bonchev–Trinajstić information content (AvgIpc) is 2.62. The normalized spacial score (nSPS) is 11.6. The van der Waals surface area contributed by atoms with Gasteiger partial charge in [-0.1, -0.05) is 13.8 Å². The lowest BCUT2D eigenvalue weighted by Crippen LogP contribution is -2.14. The lowest BCUT2D eigenvalue weighted by molar-refractivity contribution is 0.0680. The molecule has 2 aromatic heterocycles. The van der Waals surface area contributed by atoms with Gasteiger partial charge in [0, 0.05) is 13.0 Å². The summed E-state index contributed by atoms with van der Waals surface area (Å²) in [4.78, 5) is 30.9. The van der Waals surface area contributed by atoms with Crippen LogP contribution in [-0.4, -0.2) is 31.7 Å². The fraction of sp³-hybridized carbons (Fsp3) is 0.500. The van der Waals surface area contributed by atoms with Crippen LogP contribution in [-0.2, 0) is 7.05 Å². The lowest BCUT2D eigenvalue weighted by Gasteiger charge is -2.09. The molecule has 2 rings (SSSR count). The van der Waals surface area contributed by atoms with Gasteiger partial charge in [-0.2, -0.15) is 0 Å². The molecule has 21 heavy (non-hydrogen) atoms. The molecule has 0 aromatic carbocycles. The fourth-order valence-electron chi connectivity index (χ4n) is 2.17. The first-order valence-corrected chi connectivity index (χ1v) is 6.76. The van der Waals surface area contributed by atoms with Crippen LogP contribution in [0.2, 0.25) is 0 Å².